The van der Waals surface area contributed by atoms with E-state index in [1.807, 2.05) is 6.92 Å². The van der Waals surface area contributed by atoms with Crippen LogP contribution in [-0.4, -0.2) is 26.0 Å². The molecule has 0 aliphatic carbocycles. The lowest BCUT2D eigenvalue weighted by molar-refractivity contribution is 0.0535. The van der Waals surface area contributed by atoms with Crippen molar-refractivity contribution >= 4 is 6.16 Å². The van der Waals surface area contributed by atoms with Crippen molar-refractivity contribution in [3.05, 3.63) is 0 Å². The van der Waals surface area contributed by atoms with Gasteiger partial charge in [-0.2, -0.15) is 0 Å². The Balaban J connectivity index is 3.09. The molecule has 0 amide bonds. The highest BCUT2D eigenvalue weighted by Gasteiger charge is 2.00. The summed E-state index contributed by atoms with van der Waals surface area (Å²) in [6.07, 6.45) is 0.291. The number of alkyl halides is 1. The van der Waals surface area contributed by atoms with E-state index in [-0.39, 0.29) is 13.0 Å². The van der Waals surface area contributed by atoms with Crippen LogP contribution in [0.2, 0.25) is 0 Å². The number of halogens is 1. The smallest absolute Gasteiger partial charge is 0.434 e. The average Bonchev–Trinajstić information content (AvgIpc) is 2.01. The highest BCUT2D eigenvalue weighted by molar-refractivity contribution is 5.59. The van der Waals surface area contributed by atoms with Gasteiger partial charge in [0, 0.05) is 6.42 Å². The molecule has 0 fully saturated rings. The molecule has 0 radical (unpaired) electrons. The molecular weight excluding hydrogens is 151 g/mol. The summed E-state index contributed by atoms with van der Waals surface area (Å²) in [5.41, 5.74) is 0. The number of hydrogen-bond acceptors (Lipinski definition) is 3. The van der Waals surface area contributed by atoms with Gasteiger partial charge in [-0.1, -0.05) is 6.92 Å². The van der Waals surface area contributed by atoms with Crippen molar-refractivity contribution in [1.82, 2.24) is 0 Å². The minimum absolute atomic E-state index is 0.0963. The van der Waals surface area contributed by atoms with Crippen molar-refractivity contribution in [1.29, 1.82) is 0 Å². The lowest BCUT2D eigenvalue weighted by Crippen LogP contribution is -2.09. The van der Waals surface area contributed by atoms with Gasteiger partial charge in [-0.15, -0.1) is 0 Å². The van der Waals surface area contributed by atoms with E-state index in [2.05, 4.69) is 9.47 Å². The standard InChI is InChI=1S/C7H13FO3/c1-2-5-10-7(9)11-6-3-4-8/h2-6H2,1H3. The molecule has 0 bridgehead atoms. The van der Waals surface area contributed by atoms with Gasteiger partial charge in [0.25, 0.3) is 0 Å². The Labute approximate surface area is 65.5 Å². The fourth-order valence-corrected chi connectivity index (χ4v) is 0.437. The van der Waals surface area contributed by atoms with E-state index >= 15 is 0 Å². The van der Waals surface area contributed by atoms with Crippen molar-refractivity contribution in [2.24, 2.45) is 0 Å². The predicted molar refractivity (Wildman–Crippen MR) is 38.2 cm³/mol. The van der Waals surface area contributed by atoms with Gasteiger partial charge in [-0.3, -0.25) is 4.39 Å². The average molecular weight is 164 g/mol. The van der Waals surface area contributed by atoms with Gasteiger partial charge in [0.15, 0.2) is 0 Å². The number of carbonyl (C=O) groups excluding carboxylic acids is 1. The van der Waals surface area contributed by atoms with Gasteiger partial charge in [-0.25, -0.2) is 4.79 Å². The molecule has 0 aromatic rings. The molecule has 0 unspecified atom stereocenters. The molecule has 3 nitrogen and oxygen atoms in total. The molecule has 0 spiro atoms. The monoisotopic (exact) mass is 164 g/mol. The Bertz CT molecular complexity index is 106. The Hall–Kier alpha value is -0.800. The van der Waals surface area contributed by atoms with Crippen molar-refractivity contribution in [3.8, 4) is 0 Å². The van der Waals surface area contributed by atoms with E-state index < -0.39 is 12.8 Å². The summed E-state index contributed by atoms with van der Waals surface area (Å²) >= 11 is 0. The highest BCUT2D eigenvalue weighted by Crippen LogP contribution is 1.89. The third-order valence-electron chi connectivity index (χ3n) is 0.922. The lowest BCUT2D eigenvalue weighted by atomic mass is 10.5. The van der Waals surface area contributed by atoms with Crippen LogP contribution in [0, 0.1) is 0 Å². The van der Waals surface area contributed by atoms with Crippen molar-refractivity contribution < 1.29 is 18.7 Å². The Morgan fingerprint density at radius 3 is 2.55 bits per heavy atom. The van der Waals surface area contributed by atoms with Crippen molar-refractivity contribution in [2.45, 2.75) is 19.8 Å². The summed E-state index contributed by atoms with van der Waals surface area (Å²) in [5.74, 6) is 0. The van der Waals surface area contributed by atoms with E-state index in [9.17, 15) is 9.18 Å². The number of carbonyl (C=O) groups is 1. The summed E-state index contributed by atoms with van der Waals surface area (Å²) < 4.78 is 20.5. The molecule has 0 atom stereocenters. The second kappa shape index (κ2) is 7.31. The zero-order chi connectivity index (χ0) is 8.53. The maximum Gasteiger partial charge on any atom is 0.508 e. The first-order chi connectivity index (χ1) is 5.31. The van der Waals surface area contributed by atoms with E-state index in [0.717, 1.165) is 6.42 Å². The number of ether oxygens (including phenoxy) is 2. The SMILES string of the molecule is CCCOC(=O)OCCCF. The third-order valence-corrected chi connectivity index (χ3v) is 0.922. The zero-order valence-electron chi connectivity index (χ0n) is 6.64. The first-order valence-corrected chi connectivity index (χ1v) is 3.66. The Morgan fingerprint density at radius 2 is 2.00 bits per heavy atom. The van der Waals surface area contributed by atoms with Gasteiger partial charge in [0.1, 0.15) is 0 Å². The van der Waals surface area contributed by atoms with Crippen LogP contribution in [0.5, 0.6) is 0 Å². The maximum absolute atomic E-state index is 11.5. The predicted octanol–water partition coefficient (Wildman–Crippen LogP) is 1.91. The third kappa shape index (κ3) is 7.09. The van der Waals surface area contributed by atoms with E-state index in [1.165, 1.54) is 0 Å². The van der Waals surface area contributed by atoms with Crippen LogP contribution in [0.3, 0.4) is 0 Å². The van der Waals surface area contributed by atoms with E-state index in [4.69, 9.17) is 0 Å². The fourth-order valence-electron chi connectivity index (χ4n) is 0.437. The van der Waals surface area contributed by atoms with E-state index in [0.29, 0.717) is 6.61 Å². The van der Waals surface area contributed by atoms with Crippen LogP contribution < -0.4 is 0 Å². The van der Waals surface area contributed by atoms with E-state index in [1.54, 1.807) is 0 Å². The van der Waals surface area contributed by atoms with Crippen LogP contribution >= 0.6 is 0 Å². The van der Waals surface area contributed by atoms with Crippen LogP contribution in [0.15, 0.2) is 0 Å². The Morgan fingerprint density at radius 1 is 1.36 bits per heavy atom. The summed E-state index contributed by atoms with van der Waals surface area (Å²) in [6, 6.07) is 0. The molecule has 0 heterocycles. The minimum Gasteiger partial charge on any atom is -0.434 e. The molecule has 0 rings (SSSR count). The first-order valence-electron chi connectivity index (χ1n) is 3.66. The molecule has 0 aromatic heterocycles. The molecular formula is C7H13FO3. The number of hydrogen-bond donors (Lipinski definition) is 0. The largest absolute Gasteiger partial charge is 0.508 e. The van der Waals surface area contributed by atoms with Gasteiger partial charge in [0.2, 0.25) is 0 Å². The Kier molecular flexibility index (Phi) is 6.78. The van der Waals surface area contributed by atoms with Gasteiger partial charge in [-0.05, 0) is 6.42 Å². The molecule has 66 valence electrons. The quantitative estimate of drug-likeness (QED) is 0.460. The molecule has 0 saturated heterocycles. The molecule has 0 aromatic carbocycles. The summed E-state index contributed by atoms with van der Waals surface area (Å²) in [5, 5.41) is 0. The van der Waals surface area contributed by atoms with Gasteiger partial charge >= 0.3 is 6.16 Å². The van der Waals surface area contributed by atoms with Crippen LogP contribution in [0.4, 0.5) is 9.18 Å². The lowest BCUT2D eigenvalue weighted by Gasteiger charge is -2.02. The maximum atomic E-state index is 11.5. The topological polar surface area (TPSA) is 35.5 Å². The van der Waals surface area contributed by atoms with Gasteiger partial charge < -0.3 is 9.47 Å². The summed E-state index contributed by atoms with van der Waals surface area (Å²) in [6.45, 7) is 1.86. The molecule has 4 heteroatoms. The minimum atomic E-state index is -0.708. The second-order valence-corrected chi connectivity index (χ2v) is 1.99. The van der Waals surface area contributed by atoms with Crippen molar-refractivity contribution in [2.75, 3.05) is 19.9 Å². The molecule has 0 aliphatic rings. The molecule has 0 N–H and O–H groups in total. The molecule has 11 heavy (non-hydrogen) atoms. The van der Waals surface area contributed by atoms with Crippen LogP contribution in [0.25, 0.3) is 0 Å². The zero-order valence-corrected chi connectivity index (χ0v) is 6.64. The molecule has 0 saturated carbocycles. The molecule has 0 aliphatic heterocycles. The van der Waals surface area contributed by atoms with Crippen LogP contribution in [-0.2, 0) is 9.47 Å². The van der Waals surface area contributed by atoms with Gasteiger partial charge in [0.05, 0.1) is 19.9 Å². The summed E-state index contributed by atoms with van der Waals surface area (Å²) in [4.78, 5) is 10.5. The first kappa shape index (κ1) is 10.2. The van der Waals surface area contributed by atoms with Crippen LogP contribution in [0.1, 0.15) is 19.8 Å². The normalized spacial score (nSPS) is 9.27. The fraction of sp³-hybridized carbons (Fsp3) is 0.857. The second-order valence-electron chi connectivity index (χ2n) is 1.99. The highest BCUT2D eigenvalue weighted by atomic mass is 19.1. The van der Waals surface area contributed by atoms with Crippen molar-refractivity contribution in [3.63, 3.8) is 0 Å². The summed E-state index contributed by atoms with van der Waals surface area (Å²) in [7, 11) is 0. The number of rotatable bonds is 5.